The summed E-state index contributed by atoms with van der Waals surface area (Å²) in [6.07, 6.45) is 36.7. The van der Waals surface area contributed by atoms with E-state index >= 15 is 0 Å². The lowest BCUT2D eigenvalue weighted by Crippen LogP contribution is -2.00. The topological polar surface area (TPSA) is 34.1 Å². The SMILES string of the molecule is CCCCCCCCCC(CCCCCCC)c1c(C)sc2c1sc1c3cc4c(=O)c5c6sc(Br)c(C(CCCCCCC)CCCCCCCCC)c6sc5c4cc3c(=O)c21. The summed E-state index contributed by atoms with van der Waals surface area (Å²) in [5.41, 5.74) is 3.31. The summed E-state index contributed by atoms with van der Waals surface area (Å²) in [6.45, 7) is 11.5. The average Bonchev–Trinajstić information content (AvgIpc) is 4.08. The molecule has 7 aromatic rings. The maximum atomic E-state index is 14.6. The fraction of sp³-hybridized carbons (Fsp3) is 0.636. The van der Waals surface area contributed by atoms with Crippen LogP contribution < -0.4 is 10.9 Å². The smallest absolute Gasteiger partial charge is 0.196 e. The van der Waals surface area contributed by atoms with E-state index in [4.69, 9.17) is 0 Å². The summed E-state index contributed by atoms with van der Waals surface area (Å²) >= 11 is 11.4. The van der Waals surface area contributed by atoms with Crippen molar-refractivity contribution in [1.29, 1.82) is 0 Å². The Bertz CT molecular complexity index is 2410. The molecule has 4 heterocycles. The van der Waals surface area contributed by atoms with Gasteiger partial charge in [-0.3, -0.25) is 9.59 Å². The zero-order chi connectivity index (χ0) is 43.6. The minimum atomic E-state index is 0.154. The van der Waals surface area contributed by atoms with Gasteiger partial charge in [0.25, 0.3) is 0 Å². The van der Waals surface area contributed by atoms with Gasteiger partial charge in [0.2, 0.25) is 0 Å². The number of aryl methyl sites for hydroxylation is 1. The van der Waals surface area contributed by atoms with Crippen LogP contribution in [-0.2, 0) is 0 Å². The molecule has 0 amide bonds. The first kappa shape index (κ1) is 48.3. The van der Waals surface area contributed by atoms with Crippen LogP contribution in [0.15, 0.2) is 25.5 Å². The fourth-order valence-corrected chi connectivity index (χ4v) is 17.7. The number of halogens is 1. The van der Waals surface area contributed by atoms with Gasteiger partial charge < -0.3 is 0 Å². The first-order chi connectivity index (χ1) is 30.3. The van der Waals surface area contributed by atoms with Gasteiger partial charge in [-0.1, -0.05) is 182 Å². The van der Waals surface area contributed by atoms with Crippen molar-refractivity contribution < 1.29 is 0 Å². The first-order valence-corrected chi connectivity index (χ1v) is 29.5. The number of rotatable bonds is 30. The Balaban J connectivity index is 1.21. The van der Waals surface area contributed by atoms with Gasteiger partial charge in [-0.15, -0.1) is 45.3 Å². The highest BCUT2D eigenvalue weighted by atomic mass is 79.9. The number of fused-ring (bicyclic) bond motifs is 10. The summed E-state index contributed by atoms with van der Waals surface area (Å²) in [4.78, 5) is 30.7. The number of hydrogen-bond acceptors (Lipinski definition) is 6. The molecule has 2 unspecified atom stereocenters. The summed E-state index contributed by atoms with van der Waals surface area (Å²) in [7, 11) is 0. The Morgan fingerprint density at radius 1 is 0.403 bits per heavy atom. The van der Waals surface area contributed by atoms with E-state index in [1.165, 1.54) is 214 Å². The second kappa shape index (κ2) is 23.7. The van der Waals surface area contributed by atoms with E-state index in [1.807, 2.05) is 34.0 Å². The Kier molecular flexibility index (Phi) is 18.5. The second-order valence-corrected chi connectivity index (χ2v) is 24.6. The van der Waals surface area contributed by atoms with E-state index in [2.05, 4.69) is 62.7 Å². The third kappa shape index (κ3) is 10.6. The number of hydrogen-bond donors (Lipinski definition) is 0. The van der Waals surface area contributed by atoms with E-state index in [1.54, 1.807) is 11.3 Å². The molecule has 0 N–H and O–H groups in total. The van der Waals surface area contributed by atoms with Gasteiger partial charge >= 0.3 is 0 Å². The molecule has 0 spiro atoms. The van der Waals surface area contributed by atoms with Crippen molar-refractivity contribution in [3.05, 3.63) is 52.4 Å². The highest BCUT2D eigenvalue weighted by molar-refractivity contribution is 9.11. The molecule has 7 rings (SSSR count). The largest absolute Gasteiger partial charge is 0.288 e. The molecule has 0 aliphatic carbocycles. The van der Waals surface area contributed by atoms with Crippen molar-refractivity contribution >= 4 is 122 Å². The van der Waals surface area contributed by atoms with Crippen molar-refractivity contribution in [1.82, 2.24) is 0 Å². The molecule has 4 aromatic heterocycles. The van der Waals surface area contributed by atoms with Crippen LogP contribution in [0.2, 0.25) is 0 Å². The van der Waals surface area contributed by atoms with Gasteiger partial charge in [0, 0.05) is 35.8 Å². The number of unbranched alkanes of at least 4 members (excludes halogenated alkanes) is 20. The molecule has 7 heteroatoms. The molecule has 0 aliphatic rings. The van der Waals surface area contributed by atoms with Crippen molar-refractivity contribution in [2.75, 3.05) is 0 Å². The van der Waals surface area contributed by atoms with Crippen LogP contribution in [0.3, 0.4) is 0 Å². The van der Waals surface area contributed by atoms with Gasteiger partial charge in [0.05, 0.1) is 33.4 Å². The van der Waals surface area contributed by atoms with E-state index in [0.717, 1.165) is 46.4 Å². The molecule has 3 aromatic carbocycles. The van der Waals surface area contributed by atoms with E-state index in [9.17, 15) is 9.59 Å². The molecule has 2 atom stereocenters. The van der Waals surface area contributed by atoms with Gasteiger partial charge in [0.15, 0.2) is 10.9 Å². The van der Waals surface area contributed by atoms with Gasteiger partial charge in [-0.05, 0) is 83.6 Å². The van der Waals surface area contributed by atoms with Gasteiger partial charge in [-0.25, -0.2) is 0 Å². The average molecular weight is 976 g/mol. The lowest BCUT2D eigenvalue weighted by molar-refractivity contribution is 0.489. The van der Waals surface area contributed by atoms with Crippen molar-refractivity contribution in [3.63, 3.8) is 0 Å². The van der Waals surface area contributed by atoms with Crippen molar-refractivity contribution in [2.45, 2.75) is 226 Å². The lowest BCUT2D eigenvalue weighted by atomic mass is 9.88. The van der Waals surface area contributed by atoms with E-state index in [-0.39, 0.29) is 10.9 Å². The molecule has 0 bridgehead atoms. The Morgan fingerprint density at radius 2 is 0.742 bits per heavy atom. The van der Waals surface area contributed by atoms with E-state index in [0.29, 0.717) is 11.8 Å². The van der Waals surface area contributed by atoms with Crippen LogP contribution in [0.1, 0.15) is 235 Å². The molecule has 2 nitrogen and oxygen atoms in total. The van der Waals surface area contributed by atoms with Crippen molar-refractivity contribution in [3.8, 4) is 0 Å². The van der Waals surface area contributed by atoms with E-state index < -0.39 is 0 Å². The third-order valence-electron chi connectivity index (χ3n) is 14.3. The Morgan fingerprint density at radius 3 is 1.15 bits per heavy atom. The molecule has 0 fully saturated rings. The van der Waals surface area contributed by atoms with Crippen LogP contribution in [0.25, 0.3) is 60.5 Å². The second-order valence-electron chi connectivity index (χ2n) is 19.0. The molecule has 0 aliphatic heterocycles. The minimum absolute atomic E-state index is 0.154. The maximum Gasteiger partial charge on any atom is 0.196 e. The zero-order valence-corrected chi connectivity index (χ0v) is 43.8. The molecule has 62 heavy (non-hydrogen) atoms. The Labute approximate surface area is 397 Å². The molecular formula is C55H75BrO2S4. The van der Waals surface area contributed by atoms with Crippen LogP contribution >= 0.6 is 61.3 Å². The Hall–Kier alpha value is -1.64. The molecule has 0 radical (unpaired) electrons. The standard InChI is InChI=1S/C55H75BrO2S4/c1-6-10-14-18-20-24-28-31-37(30-26-22-16-12-8-3)43-36(5)59-53-45-47(57)39-34-42-40(35-41(39)49(45)60-51(43)53)48(58)46-50(42)61-52-44(55(56)62-54(46)52)38(32-27-23-17-13-9-4)33-29-25-21-19-15-11-7-2/h34-35,37-38H,6-33H2,1-5H3. The predicted octanol–water partition coefficient (Wildman–Crippen LogP) is 20.7. The normalized spacial score (nSPS) is 13.5. The van der Waals surface area contributed by atoms with Crippen LogP contribution in [0, 0.1) is 6.92 Å². The summed E-state index contributed by atoms with van der Waals surface area (Å²) < 4.78 is 8.47. The zero-order valence-electron chi connectivity index (χ0n) is 38.9. The predicted molar refractivity (Wildman–Crippen MR) is 288 cm³/mol. The lowest BCUT2D eigenvalue weighted by Gasteiger charge is -2.18. The van der Waals surface area contributed by atoms with Crippen LogP contribution in [-0.4, -0.2) is 0 Å². The monoisotopic (exact) mass is 974 g/mol. The molecular weight excluding hydrogens is 901 g/mol. The number of thiophene rings is 4. The molecule has 338 valence electrons. The quantitative estimate of drug-likeness (QED) is 0.0421. The molecule has 0 saturated heterocycles. The van der Waals surface area contributed by atoms with Gasteiger partial charge in [-0.2, -0.15) is 0 Å². The summed E-state index contributed by atoms with van der Waals surface area (Å²) in [5, 5.41) is 5.39. The number of benzene rings is 1. The molecule has 0 saturated carbocycles. The summed E-state index contributed by atoms with van der Waals surface area (Å²) in [6, 6.07) is 4.24. The van der Waals surface area contributed by atoms with Crippen molar-refractivity contribution in [2.24, 2.45) is 0 Å². The van der Waals surface area contributed by atoms with Crippen LogP contribution in [0.5, 0.6) is 0 Å². The minimum Gasteiger partial charge on any atom is -0.288 e. The van der Waals surface area contributed by atoms with Gasteiger partial charge in [0.1, 0.15) is 0 Å². The van der Waals surface area contributed by atoms with Crippen LogP contribution in [0.4, 0.5) is 0 Å². The third-order valence-corrected chi connectivity index (χ3v) is 20.1. The summed E-state index contributed by atoms with van der Waals surface area (Å²) in [5.74, 6) is 1.07. The first-order valence-electron chi connectivity index (χ1n) is 25.4. The highest BCUT2D eigenvalue weighted by Gasteiger charge is 2.29. The fourth-order valence-electron chi connectivity index (χ4n) is 10.8. The maximum absolute atomic E-state index is 14.6. The highest BCUT2D eigenvalue weighted by Crippen LogP contribution is 2.52.